The van der Waals surface area contributed by atoms with E-state index in [1.54, 1.807) is 6.07 Å². The number of rotatable bonds is 3. The minimum atomic E-state index is -0.256. The second-order valence-electron chi connectivity index (χ2n) is 6.59. The van der Waals surface area contributed by atoms with Crippen LogP contribution in [0, 0.1) is 0 Å². The van der Waals surface area contributed by atoms with Gasteiger partial charge in [-0.05, 0) is 24.3 Å². The molecule has 1 atom stereocenters. The molecule has 1 unspecified atom stereocenters. The van der Waals surface area contributed by atoms with Crippen LogP contribution in [0.3, 0.4) is 0 Å². The molecule has 4 rings (SSSR count). The number of nitrogens with one attached hydrogen (secondary N) is 2. The summed E-state index contributed by atoms with van der Waals surface area (Å²) in [5.41, 5.74) is 2.64. The molecule has 142 valence electrons. The van der Waals surface area contributed by atoms with Crippen molar-refractivity contribution in [1.82, 2.24) is 5.32 Å². The van der Waals surface area contributed by atoms with Gasteiger partial charge in [0.15, 0.2) is 0 Å². The van der Waals surface area contributed by atoms with E-state index >= 15 is 0 Å². The molecular formula is C20H22ClN3O3. The third kappa shape index (κ3) is 4.12. The summed E-state index contributed by atoms with van der Waals surface area (Å²) < 4.78 is 11.1. The predicted octanol–water partition coefficient (Wildman–Crippen LogP) is 3.82. The Hall–Kier alpha value is -2.44. The lowest BCUT2D eigenvalue weighted by Gasteiger charge is -2.31. The van der Waals surface area contributed by atoms with Gasteiger partial charge in [0.2, 0.25) is 0 Å². The van der Waals surface area contributed by atoms with Crippen LogP contribution >= 0.6 is 11.6 Å². The van der Waals surface area contributed by atoms with Gasteiger partial charge in [0.25, 0.3) is 0 Å². The maximum Gasteiger partial charge on any atom is 0.319 e. The summed E-state index contributed by atoms with van der Waals surface area (Å²) in [5.74, 6) is 0.825. The Morgan fingerprint density at radius 3 is 2.78 bits per heavy atom. The van der Waals surface area contributed by atoms with Gasteiger partial charge >= 0.3 is 6.03 Å². The standard InChI is InChI=1S/C20H22ClN3O3/c21-14-5-6-18(24-8-11-26-12-9-24)17(13-14)23-20(25)22-16-7-10-27-19-4-2-1-3-15(16)19/h1-6,13,16H,7-12H2,(H2,22,23,25). The van der Waals surface area contributed by atoms with Crippen LogP contribution in [0.1, 0.15) is 18.0 Å². The third-order valence-electron chi connectivity index (χ3n) is 4.82. The number of morpholine rings is 1. The van der Waals surface area contributed by atoms with Crippen molar-refractivity contribution < 1.29 is 14.3 Å². The lowest BCUT2D eigenvalue weighted by atomic mass is 10.0. The van der Waals surface area contributed by atoms with E-state index in [0.29, 0.717) is 30.5 Å². The number of halogens is 1. The van der Waals surface area contributed by atoms with Gasteiger partial charge in [0, 0.05) is 30.1 Å². The van der Waals surface area contributed by atoms with Crippen LogP contribution in [0.5, 0.6) is 5.75 Å². The quantitative estimate of drug-likeness (QED) is 0.840. The van der Waals surface area contributed by atoms with Gasteiger partial charge < -0.3 is 25.0 Å². The van der Waals surface area contributed by atoms with Crippen LogP contribution in [0.25, 0.3) is 0 Å². The third-order valence-corrected chi connectivity index (χ3v) is 5.06. The molecular weight excluding hydrogens is 366 g/mol. The van der Waals surface area contributed by atoms with Crippen molar-refractivity contribution in [3.05, 3.63) is 53.1 Å². The van der Waals surface area contributed by atoms with Gasteiger partial charge in [-0.3, -0.25) is 0 Å². The zero-order chi connectivity index (χ0) is 18.6. The predicted molar refractivity (Wildman–Crippen MR) is 106 cm³/mol. The summed E-state index contributed by atoms with van der Waals surface area (Å²) in [6.45, 7) is 3.49. The van der Waals surface area contributed by atoms with Gasteiger partial charge in [-0.15, -0.1) is 0 Å². The molecule has 2 N–H and O–H groups in total. The van der Waals surface area contributed by atoms with Crippen LogP contribution in [-0.4, -0.2) is 38.9 Å². The Bertz CT molecular complexity index is 824. The van der Waals surface area contributed by atoms with E-state index in [2.05, 4.69) is 15.5 Å². The lowest BCUT2D eigenvalue weighted by molar-refractivity contribution is 0.123. The maximum absolute atomic E-state index is 12.7. The Labute approximate surface area is 163 Å². The molecule has 1 fully saturated rings. The zero-order valence-corrected chi connectivity index (χ0v) is 15.7. The second kappa shape index (κ2) is 8.06. The van der Waals surface area contributed by atoms with E-state index in [0.717, 1.165) is 36.5 Å². The first-order valence-corrected chi connectivity index (χ1v) is 9.50. The summed E-state index contributed by atoms with van der Waals surface area (Å²) in [4.78, 5) is 14.9. The maximum atomic E-state index is 12.7. The number of para-hydroxylation sites is 1. The van der Waals surface area contributed by atoms with Crippen molar-refractivity contribution in [3.63, 3.8) is 0 Å². The summed E-state index contributed by atoms with van der Waals surface area (Å²) >= 11 is 6.17. The van der Waals surface area contributed by atoms with Crippen LogP contribution in [0.2, 0.25) is 5.02 Å². The number of carbonyl (C=O) groups excluding carboxylic acids is 1. The number of ether oxygens (including phenoxy) is 2. The molecule has 0 bridgehead atoms. The topological polar surface area (TPSA) is 62.8 Å². The molecule has 0 aliphatic carbocycles. The Balaban J connectivity index is 1.49. The number of nitrogens with zero attached hydrogens (tertiary/aromatic N) is 1. The van der Waals surface area contributed by atoms with E-state index in [1.165, 1.54) is 0 Å². The van der Waals surface area contributed by atoms with E-state index in [4.69, 9.17) is 21.1 Å². The highest BCUT2D eigenvalue weighted by Crippen LogP contribution is 2.33. The lowest BCUT2D eigenvalue weighted by Crippen LogP contribution is -2.38. The summed E-state index contributed by atoms with van der Waals surface area (Å²) in [5, 5.41) is 6.61. The van der Waals surface area contributed by atoms with E-state index < -0.39 is 0 Å². The van der Waals surface area contributed by atoms with Crippen molar-refractivity contribution >= 4 is 29.0 Å². The minimum Gasteiger partial charge on any atom is -0.493 e. The van der Waals surface area contributed by atoms with E-state index in [1.807, 2.05) is 36.4 Å². The molecule has 2 aliphatic heterocycles. The number of hydrogen-bond acceptors (Lipinski definition) is 4. The van der Waals surface area contributed by atoms with Crippen LogP contribution in [0.4, 0.5) is 16.2 Å². The van der Waals surface area contributed by atoms with Gasteiger partial charge in [-0.2, -0.15) is 0 Å². The molecule has 0 aromatic heterocycles. The molecule has 6 nitrogen and oxygen atoms in total. The van der Waals surface area contributed by atoms with Gasteiger partial charge in [0.05, 0.1) is 37.2 Å². The molecule has 27 heavy (non-hydrogen) atoms. The molecule has 2 aromatic rings. The van der Waals surface area contributed by atoms with Crippen LogP contribution < -0.4 is 20.3 Å². The highest BCUT2D eigenvalue weighted by molar-refractivity contribution is 6.31. The average molecular weight is 388 g/mol. The molecule has 2 heterocycles. The normalized spacial score (nSPS) is 19.0. The van der Waals surface area contributed by atoms with Gasteiger partial charge in [-0.1, -0.05) is 29.8 Å². The highest BCUT2D eigenvalue weighted by Gasteiger charge is 2.23. The van der Waals surface area contributed by atoms with Crippen molar-refractivity contribution in [2.24, 2.45) is 0 Å². The molecule has 2 amide bonds. The van der Waals surface area contributed by atoms with E-state index in [9.17, 15) is 4.79 Å². The van der Waals surface area contributed by atoms with Crippen LogP contribution in [0.15, 0.2) is 42.5 Å². The molecule has 0 spiro atoms. The number of benzene rings is 2. The number of carbonyl (C=O) groups is 1. The first-order valence-electron chi connectivity index (χ1n) is 9.12. The molecule has 1 saturated heterocycles. The zero-order valence-electron chi connectivity index (χ0n) is 14.9. The van der Waals surface area contributed by atoms with Gasteiger partial charge in [0.1, 0.15) is 5.75 Å². The number of hydrogen-bond donors (Lipinski definition) is 2. The number of urea groups is 1. The SMILES string of the molecule is O=C(Nc1cc(Cl)ccc1N1CCOCC1)NC1CCOc2ccccc21. The summed E-state index contributed by atoms with van der Waals surface area (Å²) in [7, 11) is 0. The molecule has 7 heteroatoms. The smallest absolute Gasteiger partial charge is 0.319 e. The van der Waals surface area contributed by atoms with Crippen molar-refractivity contribution in [3.8, 4) is 5.75 Å². The Morgan fingerprint density at radius 1 is 1.11 bits per heavy atom. The largest absolute Gasteiger partial charge is 0.493 e. The fourth-order valence-corrected chi connectivity index (χ4v) is 3.67. The molecule has 2 aliphatic rings. The van der Waals surface area contributed by atoms with Crippen molar-refractivity contribution in [1.29, 1.82) is 0 Å². The minimum absolute atomic E-state index is 0.0824. The highest BCUT2D eigenvalue weighted by atomic mass is 35.5. The fourth-order valence-electron chi connectivity index (χ4n) is 3.50. The fraction of sp³-hybridized carbons (Fsp3) is 0.350. The van der Waals surface area contributed by atoms with Crippen LogP contribution in [-0.2, 0) is 4.74 Å². The summed E-state index contributed by atoms with van der Waals surface area (Å²) in [6, 6.07) is 13.0. The Kier molecular flexibility index (Phi) is 5.36. The average Bonchev–Trinajstić information content (AvgIpc) is 2.69. The summed E-state index contributed by atoms with van der Waals surface area (Å²) in [6.07, 6.45) is 0.732. The second-order valence-corrected chi connectivity index (χ2v) is 7.02. The monoisotopic (exact) mass is 387 g/mol. The first-order chi connectivity index (χ1) is 13.2. The molecule has 0 saturated carbocycles. The first kappa shape index (κ1) is 17.9. The van der Waals surface area contributed by atoms with Crippen molar-refractivity contribution in [2.75, 3.05) is 43.1 Å². The van der Waals surface area contributed by atoms with E-state index in [-0.39, 0.29) is 12.1 Å². The number of anilines is 2. The Morgan fingerprint density at radius 2 is 1.93 bits per heavy atom. The van der Waals surface area contributed by atoms with Gasteiger partial charge in [-0.25, -0.2) is 4.79 Å². The molecule has 2 aromatic carbocycles. The molecule has 0 radical (unpaired) electrons. The van der Waals surface area contributed by atoms with Crippen molar-refractivity contribution in [2.45, 2.75) is 12.5 Å². The number of amides is 2. The number of fused-ring (bicyclic) bond motifs is 1.